The Balaban J connectivity index is 2.29. The first kappa shape index (κ1) is 12.4. The highest BCUT2D eigenvalue weighted by Gasteiger charge is 2.24. The molecule has 0 N–H and O–H groups in total. The normalized spacial score (nSPS) is 13.3. The van der Waals surface area contributed by atoms with Gasteiger partial charge in [-0.05, 0) is 48.1 Å². The van der Waals surface area contributed by atoms with E-state index in [0.29, 0.717) is 0 Å². The zero-order chi connectivity index (χ0) is 13.4. The van der Waals surface area contributed by atoms with Gasteiger partial charge in [0.15, 0.2) is 0 Å². The first-order chi connectivity index (χ1) is 9.16. The Kier molecular flexibility index (Phi) is 3.11. The maximum Gasteiger partial charge on any atom is 0.277 e. The second-order valence-corrected chi connectivity index (χ2v) is 5.63. The summed E-state index contributed by atoms with van der Waals surface area (Å²) >= 11 is 3.43. The first-order valence-corrected chi connectivity index (χ1v) is 7.01. The Labute approximate surface area is 119 Å². The summed E-state index contributed by atoms with van der Waals surface area (Å²) in [5, 5.41) is 11.3. The van der Waals surface area contributed by atoms with E-state index >= 15 is 0 Å². The predicted octanol–water partition coefficient (Wildman–Crippen LogP) is 4.51. The summed E-state index contributed by atoms with van der Waals surface area (Å²) < 4.78 is 0.940. The van der Waals surface area contributed by atoms with Crippen LogP contribution in [-0.4, -0.2) is 4.92 Å². The van der Waals surface area contributed by atoms with E-state index in [0.717, 1.165) is 40.4 Å². The van der Waals surface area contributed by atoms with Gasteiger partial charge in [-0.2, -0.15) is 0 Å². The van der Waals surface area contributed by atoms with Crippen LogP contribution in [0.3, 0.4) is 0 Å². The summed E-state index contributed by atoms with van der Waals surface area (Å²) in [6.45, 7) is 0. The lowest BCUT2D eigenvalue weighted by Crippen LogP contribution is -1.97. The van der Waals surface area contributed by atoms with Crippen molar-refractivity contribution in [3.8, 4) is 11.1 Å². The molecule has 0 saturated carbocycles. The van der Waals surface area contributed by atoms with Gasteiger partial charge >= 0.3 is 0 Å². The molecular weight excluding hydrogens is 306 g/mol. The van der Waals surface area contributed by atoms with Gasteiger partial charge in [-0.25, -0.2) is 0 Å². The van der Waals surface area contributed by atoms with Gasteiger partial charge < -0.3 is 0 Å². The highest BCUT2D eigenvalue weighted by atomic mass is 79.9. The smallest absolute Gasteiger partial charge is 0.258 e. The molecule has 0 saturated heterocycles. The molecule has 3 nitrogen and oxygen atoms in total. The standard InChI is InChI=1S/C15H12BrNO2/c16-12-5-1-4-11(9-12)15-13-6-2-3-10(13)7-8-14(15)17(18)19/h1,4-5,7-9H,2-3,6H2. The topological polar surface area (TPSA) is 43.1 Å². The summed E-state index contributed by atoms with van der Waals surface area (Å²) in [4.78, 5) is 11.0. The molecule has 0 spiro atoms. The van der Waals surface area contributed by atoms with Crippen molar-refractivity contribution in [3.05, 3.63) is 62.1 Å². The summed E-state index contributed by atoms with van der Waals surface area (Å²) in [5.74, 6) is 0. The van der Waals surface area contributed by atoms with Crippen LogP contribution in [0, 0.1) is 10.1 Å². The third-order valence-corrected chi connectivity index (χ3v) is 4.06. The van der Waals surface area contributed by atoms with Crippen LogP contribution in [-0.2, 0) is 12.8 Å². The minimum Gasteiger partial charge on any atom is -0.258 e. The molecule has 0 amide bonds. The SMILES string of the molecule is O=[N+]([O-])c1ccc2c(c1-c1cccc(Br)c1)CCC2. The van der Waals surface area contributed by atoms with Gasteiger partial charge in [0, 0.05) is 10.5 Å². The minimum atomic E-state index is -0.283. The monoisotopic (exact) mass is 317 g/mol. The minimum absolute atomic E-state index is 0.207. The highest BCUT2D eigenvalue weighted by molar-refractivity contribution is 9.10. The molecule has 0 fully saturated rings. The van der Waals surface area contributed by atoms with Crippen LogP contribution >= 0.6 is 15.9 Å². The van der Waals surface area contributed by atoms with Crippen molar-refractivity contribution < 1.29 is 4.92 Å². The molecule has 3 rings (SSSR count). The molecule has 0 unspecified atom stereocenters. The Morgan fingerprint density at radius 1 is 1.16 bits per heavy atom. The van der Waals surface area contributed by atoms with Gasteiger partial charge in [0.1, 0.15) is 0 Å². The number of hydrogen-bond donors (Lipinski definition) is 0. The molecule has 0 bridgehead atoms. The van der Waals surface area contributed by atoms with Gasteiger partial charge in [0.25, 0.3) is 5.69 Å². The van der Waals surface area contributed by atoms with Crippen molar-refractivity contribution in [3.63, 3.8) is 0 Å². The number of nitro groups is 1. The largest absolute Gasteiger partial charge is 0.277 e. The number of rotatable bonds is 2. The quantitative estimate of drug-likeness (QED) is 0.604. The maximum atomic E-state index is 11.3. The summed E-state index contributed by atoms with van der Waals surface area (Å²) in [5.41, 5.74) is 4.31. The Morgan fingerprint density at radius 2 is 2.00 bits per heavy atom. The molecule has 0 radical (unpaired) electrons. The molecule has 1 aliphatic carbocycles. The van der Waals surface area contributed by atoms with Gasteiger partial charge in [-0.1, -0.05) is 34.1 Å². The van der Waals surface area contributed by atoms with Crippen molar-refractivity contribution in [2.45, 2.75) is 19.3 Å². The van der Waals surface area contributed by atoms with Gasteiger partial charge in [-0.15, -0.1) is 0 Å². The van der Waals surface area contributed by atoms with E-state index in [1.54, 1.807) is 6.07 Å². The van der Waals surface area contributed by atoms with E-state index in [4.69, 9.17) is 0 Å². The molecule has 1 aliphatic rings. The van der Waals surface area contributed by atoms with Crippen LogP contribution in [0.4, 0.5) is 5.69 Å². The highest BCUT2D eigenvalue weighted by Crippen LogP contribution is 2.39. The summed E-state index contributed by atoms with van der Waals surface area (Å²) in [6, 6.07) is 11.3. The number of benzene rings is 2. The second kappa shape index (κ2) is 4.78. The van der Waals surface area contributed by atoms with Crippen LogP contribution in [0.5, 0.6) is 0 Å². The lowest BCUT2D eigenvalue weighted by molar-refractivity contribution is -0.384. The molecule has 0 heterocycles. The van der Waals surface area contributed by atoms with E-state index in [1.807, 2.05) is 30.3 Å². The van der Waals surface area contributed by atoms with Crippen LogP contribution in [0.15, 0.2) is 40.9 Å². The Bertz CT molecular complexity index is 667. The third kappa shape index (κ3) is 2.16. The van der Waals surface area contributed by atoms with Crippen molar-refractivity contribution in [1.29, 1.82) is 0 Å². The second-order valence-electron chi connectivity index (χ2n) is 4.72. The fourth-order valence-electron chi connectivity index (χ4n) is 2.77. The van der Waals surface area contributed by atoms with Crippen LogP contribution in [0.25, 0.3) is 11.1 Å². The molecular formula is C15H12BrNO2. The Morgan fingerprint density at radius 3 is 2.74 bits per heavy atom. The summed E-state index contributed by atoms with van der Waals surface area (Å²) in [6.07, 6.45) is 3.03. The lowest BCUT2D eigenvalue weighted by Gasteiger charge is -2.10. The van der Waals surface area contributed by atoms with Gasteiger partial charge in [0.2, 0.25) is 0 Å². The zero-order valence-electron chi connectivity index (χ0n) is 10.2. The Hall–Kier alpha value is -1.68. The average molecular weight is 318 g/mol. The van der Waals surface area contributed by atoms with Crippen molar-refractivity contribution in [2.75, 3.05) is 0 Å². The van der Waals surface area contributed by atoms with E-state index in [9.17, 15) is 10.1 Å². The molecule has 19 heavy (non-hydrogen) atoms. The fourth-order valence-corrected chi connectivity index (χ4v) is 3.17. The molecule has 2 aromatic rings. The van der Waals surface area contributed by atoms with Gasteiger partial charge in [-0.3, -0.25) is 10.1 Å². The predicted molar refractivity (Wildman–Crippen MR) is 78.3 cm³/mol. The molecule has 0 aliphatic heterocycles. The van der Waals surface area contributed by atoms with Crippen molar-refractivity contribution in [1.82, 2.24) is 0 Å². The fraction of sp³-hybridized carbons (Fsp3) is 0.200. The molecule has 0 aromatic heterocycles. The first-order valence-electron chi connectivity index (χ1n) is 6.22. The summed E-state index contributed by atoms with van der Waals surface area (Å²) in [7, 11) is 0. The van der Waals surface area contributed by atoms with Crippen LogP contribution in [0.2, 0.25) is 0 Å². The van der Waals surface area contributed by atoms with E-state index in [-0.39, 0.29) is 10.6 Å². The molecule has 0 atom stereocenters. The van der Waals surface area contributed by atoms with Gasteiger partial charge in [0.05, 0.1) is 10.5 Å². The maximum absolute atomic E-state index is 11.3. The number of halogens is 1. The molecule has 4 heteroatoms. The number of hydrogen-bond acceptors (Lipinski definition) is 2. The number of nitrogens with zero attached hydrogens (tertiary/aromatic N) is 1. The van der Waals surface area contributed by atoms with Crippen molar-refractivity contribution >= 4 is 21.6 Å². The van der Waals surface area contributed by atoms with E-state index in [1.165, 1.54) is 5.56 Å². The molecule has 96 valence electrons. The number of aryl methyl sites for hydroxylation is 1. The third-order valence-electron chi connectivity index (χ3n) is 3.57. The molecule has 2 aromatic carbocycles. The number of nitro benzene ring substituents is 1. The lowest BCUT2D eigenvalue weighted by atomic mass is 9.95. The van der Waals surface area contributed by atoms with Crippen molar-refractivity contribution in [2.24, 2.45) is 0 Å². The zero-order valence-corrected chi connectivity index (χ0v) is 11.8. The van der Waals surface area contributed by atoms with Crippen LogP contribution in [0.1, 0.15) is 17.5 Å². The van der Waals surface area contributed by atoms with E-state index < -0.39 is 0 Å². The number of fused-ring (bicyclic) bond motifs is 1. The van der Waals surface area contributed by atoms with Crippen LogP contribution < -0.4 is 0 Å². The average Bonchev–Trinajstić information content (AvgIpc) is 2.85. The van der Waals surface area contributed by atoms with E-state index in [2.05, 4.69) is 15.9 Å².